The monoisotopic (exact) mass is 819 g/mol. The minimum atomic E-state index is -3.43. The van der Waals surface area contributed by atoms with E-state index in [0.717, 1.165) is 47.9 Å². The molecule has 0 aliphatic heterocycles. The highest BCUT2D eigenvalue weighted by atomic mass is 31.2. The van der Waals surface area contributed by atoms with Gasteiger partial charge in [-0.25, -0.2) is 0 Å². The van der Waals surface area contributed by atoms with Crippen LogP contribution >= 0.6 is 7.60 Å². The maximum Gasteiger partial charge on any atom is 0.335 e. The van der Waals surface area contributed by atoms with E-state index >= 15 is 0 Å². The van der Waals surface area contributed by atoms with Crippen molar-refractivity contribution in [2.45, 2.75) is 272 Å². The highest BCUT2D eigenvalue weighted by molar-refractivity contribution is 7.53. The molecule has 5 nitrogen and oxygen atoms in total. The number of carbonyl (C=O) groups excluding carboxylic acids is 1. The summed E-state index contributed by atoms with van der Waals surface area (Å²) in [5.74, 6) is 0.235. The van der Waals surface area contributed by atoms with E-state index in [1.165, 1.54) is 187 Å². The number of ether oxygens (including phenoxy) is 1. The molecule has 0 aliphatic carbocycles. The van der Waals surface area contributed by atoms with Crippen LogP contribution in [-0.4, -0.2) is 19.2 Å². The van der Waals surface area contributed by atoms with Gasteiger partial charge in [0.05, 0.1) is 19.4 Å². The molecular weight excluding hydrogens is 724 g/mol. The van der Waals surface area contributed by atoms with Gasteiger partial charge >= 0.3 is 13.6 Å². The molecule has 0 fully saturated rings. The summed E-state index contributed by atoms with van der Waals surface area (Å²) in [6.45, 7) is 17.3. The topological polar surface area (TPSA) is 61.8 Å². The average molecular weight is 819 g/mol. The van der Waals surface area contributed by atoms with Crippen LogP contribution in [0.1, 0.15) is 269 Å². The average Bonchev–Trinajstić information content (AvgIpc) is 3.16. The van der Waals surface area contributed by atoms with Crippen molar-refractivity contribution in [3.05, 3.63) is 28.3 Å². The van der Waals surface area contributed by atoms with Crippen molar-refractivity contribution in [1.82, 2.24) is 0 Å². The minimum absolute atomic E-state index is 0.196. The number of hydrogen-bond donors (Lipinski definition) is 0. The molecule has 0 atom stereocenters. The molecule has 0 saturated carbocycles. The molecule has 0 bridgehead atoms. The van der Waals surface area contributed by atoms with Gasteiger partial charge in [-0.05, 0) is 48.8 Å². The standard InChI is InChI=1S/C51H95O5P/c1-9-11-13-15-17-19-21-23-25-27-29-31-33-35-37-39-41-54-57(53,44-48-45(3)43-49(51(6,7)8)50(46(48)4)56-47(5)52)55-42-40-38-36-34-32-30-28-26-24-22-20-18-16-14-12-10-2/h43H,9-42,44H2,1-8H3. The molecule has 334 valence electrons. The van der Waals surface area contributed by atoms with Gasteiger partial charge in [0.1, 0.15) is 5.75 Å². The quantitative estimate of drug-likeness (QED) is 0.0287. The summed E-state index contributed by atoms with van der Waals surface area (Å²) in [6.07, 6.45) is 42.4. The second-order valence-corrected chi connectivity index (χ2v) is 20.6. The summed E-state index contributed by atoms with van der Waals surface area (Å²) in [4.78, 5) is 12.2. The third-order valence-corrected chi connectivity index (χ3v) is 13.7. The van der Waals surface area contributed by atoms with Gasteiger partial charge in [0.15, 0.2) is 0 Å². The Morgan fingerprint density at radius 3 is 1.11 bits per heavy atom. The Morgan fingerprint density at radius 1 is 0.526 bits per heavy atom. The first-order valence-corrected chi connectivity index (χ1v) is 26.4. The molecule has 57 heavy (non-hydrogen) atoms. The lowest BCUT2D eigenvalue weighted by Gasteiger charge is -2.27. The summed E-state index contributed by atoms with van der Waals surface area (Å²) < 4.78 is 32.7. The van der Waals surface area contributed by atoms with Gasteiger partial charge in [0.2, 0.25) is 0 Å². The number of carbonyl (C=O) groups is 1. The number of hydrogen-bond acceptors (Lipinski definition) is 5. The van der Waals surface area contributed by atoms with Crippen molar-refractivity contribution in [1.29, 1.82) is 0 Å². The first-order chi connectivity index (χ1) is 27.4. The lowest BCUT2D eigenvalue weighted by Crippen LogP contribution is -2.18. The van der Waals surface area contributed by atoms with E-state index < -0.39 is 7.60 Å². The molecule has 0 amide bonds. The number of benzene rings is 1. The van der Waals surface area contributed by atoms with Gasteiger partial charge in [-0.15, -0.1) is 0 Å². The Morgan fingerprint density at radius 2 is 0.825 bits per heavy atom. The van der Waals surface area contributed by atoms with Crippen LogP contribution in [0.25, 0.3) is 0 Å². The van der Waals surface area contributed by atoms with Crippen LogP contribution in [0.5, 0.6) is 5.75 Å². The van der Waals surface area contributed by atoms with Crippen LogP contribution in [0, 0.1) is 13.8 Å². The third kappa shape index (κ3) is 28.1. The molecule has 0 unspecified atom stereocenters. The molecule has 0 heterocycles. The van der Waals surface area contributed by atoms with Crippen molar-refractivity contribution in [2.75, 3.05) is 13.2 Å². The fourth-order valence-electron chi connectivity index (χ4n) is 8.11. The van der Waals surface area contributed by atoms with E-state index in [1.807, 2.05) is 6.92 Å². The predicted molar refractivity (Wildman–Crippen MR) is 248 cm³/mol. The molecular formula is C51H95O5P. The van der Waals surface area contributed by atoms with Crippen molar-refractivity contribution < 1.29 is 23.1 Å². The number of aryl methyl sites for hydroxylation is 1. The first-order valence-electron chi connectivity index (χ1n) is 24.6. The Kier molecular flexibility index (Phi) is 32.6. The van der Waals surface area contributed by atoms with Gasteiger partial charge < -0.3 is 13.8 Å². The largest absolute Gasteiger partial charge is 0.426 e. The zero-order chi connectivity index (χ0) is 42.0. The van der Waals surface area contributed by atoms with Crippen LogP contribution in [0.4, 0.5) is 0 Å². The van der Waals surface area contributed by atoms with Crippen molar-refractivity contribution in [3.63, 3.8) is 0 Å². The van der Waals surface area contributed by atoms with Crippen LogP contribution in [-0.2, 0) is 30.0 Å². The molecule has 0 aromatic heterocycles. The Balaban J connectivity index is 2.54. The van der Waals surface area contributed by atoms with E-state index in [1.54, 1.807) is 0 Å². The molecule has 6 heteroatoms. The first kappa shape index (κ1) is 53.9. The summed E-state index contributed by atoms with van der Waals surface area (Å²) in [5.41, 5.74) is 3.56. The highest BCUT2D eigenvalue weighted by Gasteiger charge is 2.31. The Hall–Kier alpha value is -1.16. The second-order valence-electron chi connectivity index (χ2n) is 18.6. The van der Waals surface area contributed by atoms with Crippen LogP contribution in [0.15, 0.2) is 6.07 Å². The molecule has 0 spiro atoms. The maximum atomic E-state index is 14.5. The van der Waals surface area contributed by atoms with E-state index in [-0.39, 0.29) is 17.5 Å². The molecule has 1 aromatic rings. The SMILES string of the molecule is CCCCCCCCCCCCCCCCCCOP(=O)(Cc1c(C)cc(C(C)(C)C)c(OC(C)=O)c1C)OCCCCCCCCCCCCCCCCCC. The molecule has 0 N–H and O–H groups in total. The van der Waals surface area contributed by atoms with E-state index in [9.17, 15) is 9.36 Å². The van der Waals surface area contributed by atoms with Gasteiger partial charge in [-0.3, -0.25) is 9.36 Å². The lowest BCUT2D eigenvalue weighted by molar-refractivity contribution is -0.132. The van der Waals surface area contributed by atoms with Crippen molar-refractivity contribution >= 4 is 13.6 Å². The maximum absolute atomic E-state index is 14.5. The smallest absolute Gasteiger partial charge is 0.335 e. The summed E-state index contributed by atoms with van der Waals surface area (Å²) in [7, 11) is -3.43. The number of rotatable bonds is 39. The van der Waals surface area contributed by atoms with Crippen molar-refractivity contribution in [2.24, 2.45) is 0 Å². The molecule has 1 aromatic carbocycles. The summed E-state index contributed by atoms with van der Waals surface area (Å²) in [6, 6.07) is 2.09. The minimum Gasteiger partial charge on any atom is -0.426 e. The predicted octanol–water partition coefficient (Wildman–Crippen LogP) is 17.8. The van der Waals surface area contributed by atoms with Crippen LogP contribution in [0.2, 0.25) is 0 Å². The van der Waals surface area contributed by atoms with Gasteiger partial charge in [0.25, 0.3) is 0 Å². The van der Waals surface area contributed by atoms with E-state index in [2.05, 4.69) is 47.6 Å². The molecule has 0 aliphatic rings. The lowest BCUT2D eigenvalue weighted by atomic mass is 9.83. The Labute approximate surface area is 355 Å². The summed E-state index contributed by atoms with van der Waals surface area (Å²) >= 11 is 0. The fraction of sp³-hybridized carbons (Fsp3) is 0.863. The summed E-state index contributed by atoms with van der Waals surface area (Å²) in [5, 5.41) is 0. The fourth-order valence-corrected chi connectivity index (χ4v) is 10.1. The zero-order valence-corrected chi connectivity index (χ0v) is 40.2. The van der Waals surface area contributed by atoms with Crippen LogP contribution < -0.4 is 4.74 Å². The van der Waals surface area contributed by atoms with E-state index in [4.69, 9.17) is 13.8 Å². The van der Waals surface area contributed by atoms with Gasteiger partial charge in [0, 0.05) is 12.5 Å². The Bertz CT molecular complexity index is 1130. The number of esters is 1. The number of unbranched alkanes of at least 4 members (excludes halogenated alkanes) is 30. The van der Waals surface area contributed by atoms with Crippen molar-refractivity contribution in [3.8, 4) is 5.75 Å². The zero-order valence-electron chi connectivity index (χ0n) is 39.3. The molecule has 0 radical (unpaired) electrons. The molecule has 1 rings (SSSR count). The van der Waals surface area contributed by atoms with Gasteiger partial charge in [-0.2, -0.15) is 0 Å². The second kappa shape index (κ2) is 34.5. The van der Waals surface area contributed by atoms with Gasteiger partial charge in [-0.1, -0.05) is 233 Å². The van der Waals surface area contributed by atoms with E-state index in [0.29, 0.717) is 19.0 Å². The third-order valence-electron chi connectivity index (χ3n) is 11.9. The highest BCUT2D eigenvalue weighted by Crippen LogP contribution is 2.54. The molecule has 0 saturated heterocycles. The van der Waals surface area contributed by atoms with Crippen LogP contribution in [0.3, 0.4) is 0 Å². The normalized spacial score (nSPS) is 12.1.